The molecule has 6 heteroatoms. The number of carbonyl (C=O) groups excluding carboxylic acids is 1. The number of benzene rings is 1. The Morgan fingerprint density at radius 2 is 2.16 bits per heavy atom. The van der Waals surface area contributed by atoms with Crippen molar-refractivity contribution in [1.82, 2.24) is 10.3 Å². The number of nitrogen functional groups attached to an aromatic ring is 1. The summed E-state index contributed by atoms with van der Waals surface area (Å²) >= 11 is 11.7. The number of rotatable bonds is 3. The van der Waals surface area contributed by atoms with E-state index >= 15 is 0 Å². The lowest BCUT2D eigenvalue weighted by molar-refractivity contribution is 0.0951. The van der Waals surface area contributed by atoms with Gasteiger partial charge in [0.25, 0.3) is 5.91 Å². The second-order valence-electron chi connectivity index (χ2n) is 3.91. The maximum Gasteiger partial charge on any atom is 0.251 e. The first-order valence-corrected chi connectivity index (χ1v) is 6.25. The van der Waals surface area contributed by atoms with E-state index in [9.17, 15) is 4.79 Å². The number of pyridine rings is 1. The van der Waals surface area contributed by atoms with Crippen molar-refractivity contribution in [1.29, 1.82) is 0 Å². The van der Waals surface area contributed by atoms with Crippen molar-refractivity contribution in [2.24, 2.45) is 0 Å². The van der Waals surface area contributed by atoms with Gasteiger partial charge in [-0.3, -0.25) is 9.78 Å². The standard InChI is InChI=1S/C13H11Cl2N3O/c14-10-4-9(5-11(16)12(10)15)13(19)18-7-8-2-1-3-17-6-8/h1-6H,7,16H2,(H,18,19). The van der Waals surface area contributed by atoms with E-state index in [0.29, 0.717) is 12.1 Å². The number of aromatic nitrogens is 1. The van der Waals surface area contributed by atoms with E-state index in [-0.39, 0.29) is 21.6 Å². The largest absolute Gasteiger partial charge is 0.397 e. The van der Waals surface area contributed by atoms with E-state index in [1.54, 1.807) is 18.5 Å². The molecule has 0 atom stereocenters. The van der Waals surface area contributed by atoms with E-state index in [2.05, 4.69) is 10.3 Å². The zero-order valence-electron chi connectivity index (χ0n) is 9.86. The number of nitrogens with zero attached hydrogens (tertiary/aromatic N) is 1. The van der Waals surface area contributed by atoms with Crippen LogP contribution in [0.3, 0.4) is 0 Å². The molecule has 0 spiro atoms. The summed E-state index contributed by atoms with van der Waals surface area (Å²) in [7, 11) is 0. The number of anilines is 1. The summed E-state index contributed by atoms with van der Waals surface area (Å²) in [5.74, 6) is -0.269. The third-order valence-corrected chi connectivity index (χ3v) is 3.31. The molecule has 0 aliphatic rings. The molecule has 19 heavy (non-hydrogen) atoms. The van der Waals surface area contributed by atoms with Gasteiger partial charge in [-0.1, -0.05) is 29.3 Å². The molecule has 0 unspecified atom stereocenters. The van der Waals surface area contributed by atoms with Crippen LogP contribution in [-0.2, 0) is 6.54 Å². The molecule has 1 aromatic carbocycles. The van der Waals surface area contributed by atoms with Crippen LogP contribution in [0.4, 0.5) is 5.69 Å². The topological polar surface area (TPSA) is 68.0 Å². The van der Waals surface area contributed by atoms with E-state index in [0.717, 1.165) is 5.56 Å². The fourth-order valence-electron chi connectivity index (χ4n) is 1.53. The van der Waals surface area contributed by atoms with E-state index < -0.39 is 0 Å². The maximum atomic E-state index is 11.9. The van der Waals surface area contributed by atoms with Gasteiger partial charge in [-0.15, -0.1) is 0 Å². The van der Waals surface area contributed by atoms with Crippen LogP contribution < -0.4 is 11.1 Å². The number of hydrogen-bond donors (Lipinski definition) is 2. The molecule has 2 rings (SSSR count). The number of nitrogens with one attached hydrogen (secondary N) is 1. The molecular weight excluding hydrogens is 285 g/mol. The molecule has 2 aromatic rings. The van der Waals surface area contributed by atoms with Crippen LogP contribution in [0.25, 0.3) is 0 Å². The molecule has 0 saturated heterocycles. The Bertz CT molecular complexity index is 579. The summed E-state index contributed by atoms with van der Waals surface area (Å²) in [5.41, 5.74) is 7.22. The van der Waals surface area contributed by atoms with Crippen LogP contribution in [0.1, 0.15) is 15.9 Å². The Labute approximate surface area is 120 Å². The van der Waals surface area contributed by atoms with Crippen LogP contribution in [0.15, 0.2) is 36.7 Å². The van der Waals surface area contributed by atoms with Gasteiger partial charge in [0.05, 0.1) is 15.7 Å². The summed E-state index contributed by atoms with van der Waals surface area (Å²) in [6, 6.07) is 6.65. The van der Waals surface area contributed by atoms with Crippen LogP contribution >= 0.6 is 23.2 Å². The summed E-state index contributed by atoms with van der Waals surface area (Å²) in [6.45, 7) is 0.382. The Kier molecular flexibility index (Phi) is 4.24. The Hall–Kier alpha value is -1.78. The first-order valence-electron chi connectivity index (χ1n) is 5.49. The van der Waals surface area contributed by atoms with Crippen molar-refractivity contribution in [3.63, 3.8) is 0 Å². The van der Waals surface area contributed by atoms with Gasteiger partial charge in [-0.25, -0.2) is 0 Å². The van der Waals surface area contributed by atoms with Gasteiger partial charge in [-0.05, 0) is 23.8 Å². The van der Waals surface area contributed by atoms with Crippen molar-refractivity contribution in [3.05, 3.63) is 57.8 Å². The van der Waals surface area contributed by atoms with Crippen molar-refractivity contribution in [3.8, 4) is 0 Å². The Morgan fingerprint density at radius 3 is 2.79 bits per heavy atom. The van der Waals surface area contributed by atoms with E-state index in [1.165, 1.54) is 12.1 Å². The van der Waals surface area contributed by atoms with Gasteiger partial charge in [0.1, 0.15) is 0 Å². The van der Waals surface area contributed by atoms with Crippen LogP contribution in [-0.4, -0.2) is 10.9 Å². The minimum atomic E-state index is -0.269. The monoisotopic (exact) mass is 295 g/mol. The lowest BCUT2D eigenvalue weighted by atomic mass is 10.2. The van der Waals surface area contributed by atoms with Gasteiger partial charge in [0.15, 0.2) is 0 Å². The highest BCUT2D eigenvalue weighted by Crippen LogP contribution is 2.29. The molecule has 0 aliphatic heterocycles. The minimum absolute atomic E-state index is 0.255. The van der Waals surface area contributed by atoms with E-state index in [4.69, 9.17) is 28.9 Å². The highest BCUT2D eigenvalue weighted by molar-refractivity contribution is 6.43. The maximum absolute atomic E-state index is 11.9. The normalized spacial score (nSPS) is 10.2. The molecule has 0 saturated carbocycles. The molecular formula is C13H11Cl2N3O. The third-order valence-electron chi connectivity index (χ3n) is 2.49. The molecule has 1 heterocycles. The molecule has 0 aliphatic carbocycles. The number of halogens is 2. The molecule has 0 radical (unpaired) electrons. The summed E-state index contributed by atoms with van der Waals surface area (Å²) in [6.07, 6.45) is 3.36. The Morgan fingerprint density at radius 1 is 1.37 bits per heavy atom. The molecule has 3 N–H and O–H groups in total. The SMILES string of the molecule is Nc1cc(C(=O)NCc2cccnc2)cc(Cl)c1Cl. The second kappa shape index (κ2) is 5.91. The average molecular weight is 296 g/mol. The van der Waals surface area contributed by atoms with Crippen molar-refractivity contribution < 1.29 is 4.79 Å². The molecule has 98 valence electrons. The van der Waals surface area contributed by atoms with Gasteiger partial charge < -0.3 is 11.1 Å². The number of hydrogen-bond acceptors (Lipinski definition) is 3. The van der Waals surface area contributed by atoms with Crippen LogP contribution in [0, 0.1) is 0 Å². The molecule has 4 nitrogen and oxygen atoms in total. The first-order chi connectivity index (χ1) is 9.08. The fourth-order valence-corrected chi connectivity index (χ4v) is 1.86. The van der Waals surface area contributed by atoms with E-state index in [1.807, 2.05) is 6.07 Å². The quantitative estimate of drug-likeness (QED) is 0.856. The minimum Gasteiger partial charge on any atom is -0.397 e. The lowest BCUT2D eigenvalue weighted by Gasteiger charge is -2.07. The van der Waals surface area contributed by atoms with Crippen molar-refractivity contribution in [2.45, 2.75) is 6.54 Å². The van der Waals surface area contributed by atoms with Gasteiger partial charge in [-0.2, -0.15) is 0 Å². The second-order valence-corrected chi connectivity index (χ2v) is 4.69. The fraction of sp³-hybridized carbons (Fsp3) is 0.0769. The van der Waals surface area contributed by atoms with Crippen LogP contribution in [0.2, 0.25) is 10.0 Å². The predicted molar refractivity (Wildman–Crippen MR) is 76.3 cm³/mol. The molecule has 0 bridgehead atoms. The highest BCUT2D eigenvalue weighted by Gasteiger charge is 2.11. The Balaban J connectivity index is 2.08. The zero-order chi connectivity index (χ0) is 13.8. The number of nitrogens with two attached hydrogens (primary N) is 1. The van der Waals surface area contributed by atoms with Crippen LogP contribution in [0.5, 0.6) is 0 Å². The molecule has 1 amide bonds. The first kappa shape index (κ1) is 13.6. The van der Waals surface area contributed by atoms with Crippen molar-refractivity contribution in [2.75, 3.05) is 5.73 Å². The summed E-state index contributed by atoms with van der Waals surface area (Å²) < 4.78 is 0. The predicted octanol–water partition coefficient (Wildman–Crippen LogP) is 2.90. The number of amides is 1. The zero-order valence-corrected chi connectivity index (χ0v) is 11.4. The van der Waals surface area contributed by atoms with Gasteiger partial charge >= 0.3 is 0 Å². The van der Waals surface area contributed by atoms with Crippen molar-refractivity contribution >= 4 is 34.8 Å². The highest BCUT2D eigenvalue weighted by atomic mass is 35.5. The van der Waals surface area contributed by atoms with Gasteiger partial charge in [0.2, 0.25) is 0 Å². The third kappa shape index (κ3) is 3.36. The summed E-state index contributed by atoms with van der Waals surface area (Å²) in [5, 5.41) is 3.27. The molecule has 1 aromatic heterocycles. The smallest absolute Gasteiger partial charge is 0.251 e. The average Bonchev–Trinajstić information content (AvgIpc) is 2.42. The molecule has 0 fully saturated rings. The number of carbonyl (C=O) groups is 1. The summed E-state index contributed by atoms with van der Waals surface area (Å²) in [4.78, 5) is 15.9. The lowest BCUT2D eigenvalue weighted by Crippen LogP contribution is -2.23. The van der Waals surface area contributed by atoms with Gasteiger partial charge in [0, 0.05) is 24.5 Å².